The summed E-state index contributed by atoms with van der Waals surface area (Å²) in [5.74, 6) is 0.594. The first kappa shape index (κ1) is 29.1. The number of hydrogen-bond acceptors (Lipinski definition) is 8. The smallest absolute Gasteiger partial charge is 0.338 e. The Bertz CT molecular complexity index is 1580. The lowest BCUT2D eigenvalue weighted by Gasteiger charge is -2.25. The zero-order chi connectivity index (χ0) is 29.0. The van der Waals surface area contributed by atoms with Crippen molar-refractivity contribution < 1.29 is 19.0 Å². The Balaban J connectivity index is 1.87. The van der Waals surface area contributed by atoms with Crippen molar-refractivity contribution in [3.63, 3.8) is 0 Å². The van der Waals surface area contributed by atoms with Crippen LogP contribution in [0.2, 0.25) is 0 Å². The van der Waals surface area contributed by atoms with E-state index in [0.29, 0.717) is 37.7 Å². The maximum absolute atomic E-state index is 13.9. The quantitative estimate of drug-likeness (QED) is 0.339. The number of ether oxygens (including phenoxy) is 3. The molecule has 0 bridgehead atoms. The summed E-state index contributed by atoms with van der Waals surface area (Å²) in [5, 5.41) is 0. The van der Waals surface area contributed by atoms with E-state index in [2.05, 4.69) is 35.9 Å². The molecule has 0 aliphatic carbocycles. The average molecular weight is 564 g/mol. The SMILES string of the molecule is CCOC(=O)C1=C(C)N=c2sc(=Cc3ccc(N(CC)CC)cc3)c(=O)n2C1c1ccc(OC(C)C)c(OC)c1. The van der Waals surface area contributed by atoms with E-state index in [9.17, 15) is 9.59 Å². The molecular formula is C31H37N3O5S. The number of anilines is 1. The van der Waals surface area contributed by atoms with Crippen LogP contribution in [-0.2, 0) is 9.53 Å². The van der Waals surface area contributed by atoms with Gasteiger partial charge in [-0.2, -0.15) is 0 Å². The second kappa shape index (κ2) is 12.6. The number of allylic oxidation sites excluding steroid dienone is 1. The van der Waals surface area contributed by atoms with Gasteiger partial charge in [0.05, 0.1) is 41.7 Å². The lowest BCUT2D eigenvalue weighted by molar-refractivity contribution is -0.139. The number of nitrogens with zero attached hydrogens (tertiary/aromatic N) is 3. The van der Waals surface area contributed by atoms with Crippen LogP contribution in [0.15, 0.2) is 63.5 Å². The van der Waals surface area contributed by atoms with Crippen molar-refractivity contribution >= 4 is 29.1 Å². The highest BCUT2D eigenvalue weighted by molar-refractivity contribution is 7.07. The number of methoxy groups -OCH3 is 1. The molecule has 0 spiro atoms. The number of benzene rings is 2. The van der Waals surface area contributed by atoms with E-state index in [0.717, 1.165) is 24.3 Å². The maximum Gasteiger partial charge on any atom is 0.338 e. The van der Waals surface area contributed by atoms with E-state index in [1.165, 1.54) is 11.3 Å². The molecule has 1 aromatic heterocycles. The predicted molar refractivity (Wildman–Crippen MR) is 159 cm³/mol. The summed E-state index contributed by atoms with van der Waals surface area (Å²) in [6, 6.07) is 12.9. The summed E-state index contributed by atoms with van der Waals surface area (Å²) in [6.07, 6.45) is 1.83. The number of aromatic nitrogens is 1. The molecule has 2 heterocycles. The molecule has 4 rings (SSSR count). The second-order valence-electron chi connectivity index (χ2n) is 9.64. The molecule has 2 aromatic carbocycles. The predicted octanol–water partition coefficient (Wildman–Crippen LogP) is 4.44. The topological polar surface area (TPSA) is 82.4 Å². The largest absolute Gasteiger partial charge is 0.493 e. The van der Waals surface area contributed by atoms with Crippen molar-refractivity contribution in [3.8, 4) is 11.5 Å². The summed E-state index contributed by atoms with van der Waals surface area (Å²) in [7, 11) is 1.57. The third-order valence-corrected chi connectivity index (χ3v) is 7.69. The number of carbonyl (C=O) groups is 1. The van der Waals surface area contributed by atoms with Crippen LogP contribution in [0.4, 0.5) is 5.69 Å². The van der Waals surface area contributed by atoms with Gasteiger partial charge >= 0.3 is 5.97 Å². The van der Waals surface area contributed by atoms with Crippen molar-refractivity contribution in [1.82, 2.24) is 4.57 Å². The van der Waals surface area contributed by atoms with Gasteiger partial charge in [0.1, 0.15) is 0 Å². The van der Waals surface area contributed by atoms with Crippen molar-refractivity contribution in [1.29, 1.82) is 0 Å². The number of esters is 1. The number of thiazole rings is 1. The first-order valence-corrected chi connectivity index (χ1v) is 14.4. The van der Waals surface area contributed by atoms with Crippen molar-refractivity contribution in [2.24, 2.45) is 4.99 Å². The van der Waals surface area contributed by atoms with Crippen molar-refractivity contribution in [2.45, 2.75) is 53.7 Å². The van der Waals surface area contributed by atoms with Crippen LogP contribution >= 0.6 is 11.3 Å². The average Bonchev–Trinajstić information content (AvgIpc) is 3.23. The van der Waals surface area contributed by atoms with E-state index in [1.807, 2.05) is 44.2 Å². The van der Waals surface area contributed by atoms with Crippen molar-refractivity contribution in [3.05, 3.63) is 84.5 Å². The van der Waals surface area contributed by atoms with Crippen LogP contribution in [0.5, 0.6) is 11.5 Å². The van der Waals surface area contributed by atoms with Gasteiger partial charge in [-0.05, 0) is 83.0 Å². The third-order valence-electron chi connectivity index (χ3n) is 6.70. The molecule has 1 unspecified atom stereocenters. The maximum atomic E-state index is 13.9. The van der Waals surface area contributed by atoms with Crippen LogP contribution < -0.4 is 29.3 Å². The Labute approximate surface area is 238 Å². The monoisotopic (exact) mass is 563 g/mol. The Kier molecular flexibility index (Phi) is 9.14. The summed E-state index contributed by atoms with van der Waals surface area (Å²) in [4.78, 5) is 34.6. The zero-order valence-corrected chi connectivity index (χ0v) is 25.0. The highest BCUT2D eigenvalue weighted by Crippen LogP contribution is 2.36. The molecule has 0 saturated heterocycles. The number of rotatable bonds is 10. The minimum atomic E-state index is -0.732. The normalized spacial score (nSPS) is 15.1. The first-order chi connectivity index (χ1) is 19.2. The molecule has 3 aromatic rings. The second-order valence-corrected chi connectivity index (χ2v) is 10.7. The van der Waals surface area contributed by atoms with Crippen LogP contribution in [0.1, 0.15) is 58.7 Å². The van der Waals surface area contributed by atoms with Gasteiger partial charge in [-0.3, -0.25) is 9.36 Å². The molecule has 0 fully saturated rings. The van der Waals surface area contributed by atoms with Gasteiger partial charge in [0.25, 0.3) is 5.56 Å². The Morgan fingerprint density at radius 2 is 1.80 bits per heavy atom. The van der Waals surface area contributed by atoms with E-state index in [4.69, 9.17) is 14.2 Å². The zero-order valence-electron chi connectivity index (χ0n) is 24.2. The van der Waals surface area contributed by atoms with E-state index >= 15 is 0 Å². The Hall–Kier alpha value is -3.85. The minimum Gasteiger partial charge on any atom is -0.493 e. The molecule has 0 radical (unpaired) electrons. The van der Waals surface area contributed by atoms with Gasteiger partial charge < -0.3 is 19.1 Å². The van der Waals surface area contributed by atoms with Gasteiger partial charge in [-0.1, -0.05) is 29.5 Å². The standard InChI is InChI=1S/C31H37N3O5S/c1-8-33(9-2)23-14-11-21(12-15-23)17-26-29(35)34-28(22-13-16-24(39-19(4)5)25(18-22)37-7)27(30(36)38-10-3)20(6)32-31(34)40-26/h11-19,28H,8-10H2,1-7H3. The number of hydrogen-bond donors (Lipinski definition) is 0. The summed E-state index contributed by atoms with van der Waals surface area (Å²) in [6.45, 7) is 13.7. The number of carbonyl (C=O) groups excluding carboxylic acids is 1. The fraction of sp³-hybridized carbons (Fsp3) is 0.387. The molecule has 1 aliphatic rings. The van der Waals surface area contributed by atoms with E-state index < -0.39 is 12.0 Å². The highest BCUT2D eigenvalue weighted by atomic mass is 32.1. The molecule has 0 saturated carbocycles. The lowest BCUT2D eigenvalue weighted by atomic mass is 9.95. The molecule has 9 heteroatoms. The Morgan fingerprint density at radius 3 is 2.40 bits per heavy atom. The van der Waals surface area contributed by atoms with E-state index in [-0.39, 0.29) is 18.3 Å². The third kappa shape index (κ3) is 5.84. The minimum absolute atomic E-state index is 0.0456. The summed E-state index contributed by atoms with van der Waals surface area (Å²) >= 11 is 1.30. The molecule has 212 valence electrons. The van der Waals surface area contributed by atoms with Gasteiger partial charge in [0.15, 0.2) is 16.3 Å². The first-order valence-electron chi connectivity index (χ1n) is 13.6. The summed E-state index contributed by atoms with van der Waals surface area (Å²) < 4.78 is 19.0. The number of fused-ring (bicyclic) bond motifs is 1. The summed E-state index contributed by atoms with van der Waals surface area (Å²) in [5.41, 5.74) is 3.36. The molecule has 1 aliphatic heterocycles. The molecule has 0 amide bonds. The fourth-order valence-electron chi connectivity index (χ4n) is 4.83. The highest BCUT2D eigenvalue weighted by Gasteiger charge is 2.34. The van der Waals surface area contributed by atoms with Crippen LogP contribution in [0, 0.1) is 0 Å². The fourth-order valence-corrected chi connectivity index (χ4v) is 5.88. The molecule has 40 heavy (non-hydrogen) atoms. The van der Waals surface area contributed by atoms with Crippen molar-refractivity contribution in [2.75, 3.05) is 31.7 Å². The van der Waals surface area contributed by atoms with E-state index in [1.54, 1.807) is 31.6 Å². The van der Waals surface area contributed by atoms with Gasteiger partial charge in [-0.15, -0.1) is 0 Å². The Morgan fingerprint density at radius 1 is 1.10 bits per heavy atom. The lowest BCUT2D eigenvalue weighted by Crippen LogP contribution is -2.40. The molecular weight excluding hydrogens is 526 g/mol. The molecule has 1 atom stereocenters. The van der Waals surface area contributed by atoms with Crippen LogP contribution in [0.25, 0.3) is 6.08 Å². The van der Waals surface area contributed by atoms with Gasteiger partial charge in [0, 0.05) is 18.8 Å². The van der Waals surface area contributed by atoms with Crippen LogP contribution in [0.3, 0.4) is 0 Å². The van der Waals surface area contributed by atoms with Crippen LogP contribution in [-0.4, -0.2) is 43.4 Å². The molecule has 8 nitrogen and oxygen atoms in total. The van der Waals surface area contributed by atoms with Gasteiger partial charge in [-0.25, -0.2) is 9.79 Å². The van der Waals surface area contributed by atoms with Gasteiger partial charge in [0.2, 0.25) is 0 Å². The molecule has 0 N–H and O–H groups in total.